The number of nitrogens with zero attached hydrogens (tertiary/aromatic N) is 1. The van der Waals surface area contributed by atoms with E-state index in [1.54, 1.807) is 39.5 Å². The van der Waals surface area contributed by atoms with E-state index in [2.05, 4.69) is 10.2 Å². The van der Waals surface area contributed by atoms with Crippen molar-refractivity contribution in [3.63, 3.8) is 0 Å². The molecule has 2 aromatic rings. The molecular weight excluding hydrogens is 380 g/mol. The predicted octanol–water partition coefficient (Wildman–Crippen LogP) is 4.15. The Kier molecular flexibility index (Phi) is 6.52. The molecule has 0 saturated carbocycles. The molecule has 0 aliphatic carbocycles. The van der Waals surface area contributed by atoms with Gasteiger partial charge in [0, 0.05) is 18.1 Å². The summed E-state index contributed by atoms with van der Waals surface area (Å²) in [4.78, 5) is 15.0. The van der Waals surface area contributed by atoms with Gasteiger partial charge >= 0.3 is 0 Å². The number of anilines is 2. The second-order valence-corrected chi connectivity index (χ2v) is 7.05. The third-order valence-electron chi connectivity index (χ3n) is 4.77. The lowest BCUT2D eigenvalue weighted by atomic mass is 10.1. The molecule has 2 aromatic carbocycles. The SMILES string of the molecule is COc1cc(CC(=O)Nc2cc(Cl)ccc2N2CCCC2)cc(OC)c1OC. The summed E-state index contributed by atoms with van der Waals surface area (Å²) in [6.07, 6.45) is 2.48. The zero-order chi connectivity index (χ0) is 20.1. The van der Waals surface area contributed by atoms with Crippen LogP contribution in [0.5, 0.6) is 17.2 Å². The molecule has 7 heteroatoms. The number of rotatable bonds is 7. The van der Waals surface area contributed by atoms with Crippen molar-refractivity contribution in [2.24, 2.45) is 0 Å². The summed E-state index contributed by atoms with van der Waals surface area (Å²) in [5.74, 6) is 1.40. The molecule has 1 fully saturated rings. The Morgan fingerprint density at radius 1 is 1.04 bits per heavy atom. The largest absolute Gasteiger partial charge is 0.493 e. The van der Waals surface area contributed by atoms with Crippen molar-refractivity contribution in [1.29, 1.82) is 0 Å². The number of hydrogen-bond donors (Lipinski definition) is 1. The second-order valence-electron chi connectivity index (χ2n) is 6.61. The number of carbonyl (C=O) groups excluding carboxylic acids is 1. The topological polar surface area (TPSA) is 60.0 Å². The van der Waals surface area contributed by atoms with Crippen LogP contribution in [-0.4, -0.2) is 40.3 Å². The maximum atomic E-state index is 12.7. The first-order chi connectivity index (χ1) is 13.5. The Bertz CT molecular complexity index is 825. The summed E-state index contributed by atoms with van der Waals surface area (Å²) in [5.41, 5.74) is 2.49. The fraction of sp³-hybridized carbons (Fsp3) is 0.381. The number of methoxy groups -OCH3 is 3. The number of ether oxygens (including phenoxy) is 3. The Labute approximate surface area is 170 Å². The third-order valence-corrected chi connectivity index (χ3v) is 5.00. The number of carbonyl (C=O) groups is 1. The second kappa shape index (κ2) is 9.06. The van der Waals surface area contributed by atoms with E-state index in [0.29, 0.717) is 22.3 Å². The van der Waals surface area contributed by atoms with Crippen molar-refractivity contribution in [2.45, 2.75) is 19.3 Å². The molecule has 1 aliphatic heterocycles. The Morgan fingerprint density at radius 2 is 1.68 bits per heavy atom. The van der Waals surface area contributed by atoms with Crippen LogP contribution in [0.1, 0.15) is 18.4 Å². The van der Waals surface area contributed by atoms with Gasteiger partial charge in [-0.05, 0) is 48.7 Å². The molecule has 0 unspecified atom stereocenters. The highest BCUT2D eigenvalue weighted by atomic mass is 35.5. The lowest BCUT2D eigenvalue weighted by Crippen LogP contribution is -2.21. The quantitative estimate of drug-likeness (QED) is 0.751. The lowest BCUT2D eigenvalue weighted by Gasteiger charge is -2.22. The first-order valence-electron chi connectivity index (χ1n) is 9.19. The van der Waals surface area contributed by atoms with Gasteiger partial charge in [0.2, 0.25) is 11.7 Å². The molecule has 6 nitrogen and oxygen atoms in total. The first-order valence-corrected chi connectivity index (χ1v) is 9.56. The van der Waals surface area contributed by atoms with Gasteiger partial charge in [0.25, 0.3) is 0 Å². The predicted molar refractivity (Wildman–Crippen MR) is 111 cm³/mol. The highest BCUT2D eigenvalue weighted by Crippen LogP contribution is 2.38. The van der Waals surface area contributed by atoms with E-state index in [9.17, 15) is 4.79 Å². The van der Waals surface area contributed by atoms with Crippen molar-refractivity contribution in [1.82, 2.24) is 0 Å². The number of hydrogen-bond acceptors (Lipinski definition) is 5. The maximum Gasteiger partial charge on any atom is 0.228 e. The molecule has 150 valence electrons. The molecule has 1 N–H and O–H groups in total. The van der Waals surface area contributed by atoms with E-state index < -0.39 is 0 Å². The van der Waals surface area contributed by atoms with Crippen LogP contribution in [0.3, 0.4) is 0 Å². The molecule has 1 saturated heterocycles. The van der Waals surface area contributed by atoms with Crippen LogP contribution in [0.25, 0.3) is 0 Å². The summed E-state index contributed by atoms with van der Waals surface area (Å²) in [6, 6.07) is 9.16. The minimum atomic E-state index is -0.142. The van der Waals surface area contributed by atoms with Crippen molar-refractivity contribution in [2.75, 3.05) is 44.6 Å². The van der Waals surface area contributed by atoms with Gasteiger partial charge in [-0.1, -0.05) is 11.6 Å². The summed E-state index contributed by atoms with van der Waals surface area (Å²) in [6.45, 7) is 1.97. The van der Waals surface area contributed by atoms with Crippen LogP contribution in [-0.2, 0) is 11.2 Å². The van der Waals surface area contributed by atoms with Crippen molar-refractivity contribution in [3.05, 3.63) is 40.9 Å². The molecule has 28 heavy (non-hydrogen) atoms. The molecule has 0 aromatic heterocycles. The average Bonchev–Trinajstić information content (AvgIpc) is 3.21. The van der Waals surface area contributed by atoms with Gasteiger partial charge in [0.05, 0.1) is 39.1 Å². The van der Waals surface area contributed by atoms with Gasteiger partial charge in [-0.3, -0.25) is 4.79 Å². The fourth-order valence-corrected chi connectivity index (χ4v) is 3.63. The fourth-order valence-electron chi connectivity index (χ4n) is 3.46. The highest BCUT2D eigenvalue weighted by molar-refractivity contribution is 6.31. The van der Waals surface area contributed by atoms with Crippen molar-refractivity contribution < 1.29 is 19.0 Å². The first kappa shape index (κ1) is 20.1. The van der Waals surface area contributed by atoms with Gasteiger partial charge in [0.15, 0.2) is 11.5 Å². The molecule has 0 bridgehead atoms. The monoisotopic (exact) mass is 404 g/mol. The number of benzene rings is 2. The van der Waals surface area contributed by atoms with Crippen LogP contribution >= 0.6 is 11.6 Å². The summed E-state index contributed by atoms with van der Waals surface area (Å²) >= 11 is 6.16. The van der Waals surface area contributed by atoms with E-state index in [0.717, 1.165) is 42.9 Å². The summed E-state index contributed by atoms with van der Waals surface area (Å²) in [5, 5.41) is 3.59. The standard InChI is InChI=1S/C21H25ClN2O4/c1-26-18-10-14(11-19(27-2)21(18)28-3)12-20(25)23-16-13-15(22)6-7-17(16)24-8-4-5-9-24/h6-7,10-11,13H,4-5,8-9,12H2,1-3H3,(H,23,25). The van der Waals surface area contributed by atoms with Gasteiger partial charge in [-0.25, -0.2) is 0 Å². The number of amides is 1. The number of nitrogens with one attached hydrogen (secondary N) is 1. The Morgan fingerprint density at radius 3 is 2.25 bits per heavy atom. The zero-order valence-electron chi connectivity index (χ0n) is 16.4. The molecule has 1 heterocycles. The van der Waals surface area contributed by atoms with Gasteiger partial charge in [-0.2, -0.15) is 0 Å². The van der Waals surface area contributed by atoms with Crippen molar-refractivity contribution >= 4 is 28.9 Å². The molecular formula is C21H25ClN2O4. The minimum Gasteiger partial charge on any atom is -0.493 e. The van der Waals surface area contributed by atoms with Crippen LogP contribution in [0.4, 0.5) is 11.4 Å². The van der Waals surface area contributed by atoms with E-state index in [1.807, 2.05) is 12.1 Å². The van der Waals surface area contributed by atoms with E-state index in [4.69, 9.17) is 25.8 Å². The lowest BCUT2D eigenvalue weighted by molar-refractivity contribution is -0.115. The highest BCUT2D eigenvalue weighted by Gasteiger charge is 2.19. The summed E-state index contributed by atoms with van der Waals surface area (Å²) in [7, 11) is 4.65. The van der Waals surface area contributed by atoms with Crippen molar-refractivity contribution in [3.8, 4) is 17.2 Å². The molecule has 1 amide bonds. The van der Waals surface area contributed by atoms with Gasteiger partial charge in [0.1, 0.15) is 0 Å². The van der Waals surface area contributed by atoms with E-state index in [1.165, 1.54) is 0 Å². The minimum absolute atomic E-state index is 0.142. The van der Waals surface area contributed by atoms with Crippen LogP contribution in [0.2, 0.25) is 5.02 Å². The number of halogens is 1. The van der Waals surface area contributed by atoms with E-state index >= 15 is 0 Å². The molecule has 0 atom stereocenters. The molecule has 1 aliphatic rings. The Hall–Kier alpha value is -2.60. The van der Waals surface area contributed by atoms with E-state index in [-0.39, 0.29) is 12.3 Å². The molecule has 0 radical (unpaired) electrons. The molecule has 0 spiro atoms. The van der Waals surface area contributed by atoms with Crippen LogP contribution < -0.4 is 24.4 Å². The van der Waals surface area contributed by atoms with Crippen LogP contribution in [0, 0.1) is 0 Å². The third kappa shape index (κ3) is 4.44. The zero-order valence-corrected chi connectivity index (χ0v) is 17.1. The normalized spacial score (nSPS) is 13.4. The Balaban J connectivity index is 1.80. The summed E-state index contributed by atoms with van der Waals surface area (Å²) < 4.78 is 16.1. The van der Waals surface area contributed by atoms with Crippen LogP contribution in [0.15, 0.2) is 30.3 Å². The van der Waals surface area contributed by atoms with Gasteiger partial charge in [-0.15, -0.1) is 0 Å². The average molecular weight is 405 g/mol. The smallest absolute Gasteiger partial charge is 0.228 e. The maximum absolute atomic E-state index is 12.7. The van der Waals surface area contributed by atoms with Gasteiger partial charge < -0.3 is 24.4 Å². The molecule has 3 rings (SSSR count).